The Balaban J connectivity index is 1.66. The molecule has 0 aromatic carbocycles. The lowest BCUT2D eigenvalue weighted by molar-refractivity contribution is -0.117. The number of pyridine rings is 3. The van der Waals surface area contributed by atoms with E-state index < -0.39 is 0 Å². The van der Waals surface area contributed by atoms with Gasteiger partial charge in [0.1, 0.15) is 11.6 Å². The highest BCUT2D eigenvalue weighted by Crippen LogP contribution is 2.48. The Bertz CT molecular complexity index is 1110. The fraction of sp³-hybridized carbons (Fsp3) is 0.364. The van der Waals surface area contributed by atoms with Gasteiger partial charge >= 0.3 is 0 Å². The van der Waals surface area contributed by atoms with Gasteiger partial charge < -0.3 is 11.1 Å². The predicted molar refractivity (Wildman–Crippen MR) is 110 cm³/mol. The van der Waals surface area contributed by atoms with Gasteiger partial charge in [-0.25, -0.2) is 9.97 Å². The fourth-order valence-corrected chi connectivity index (χ4v) is 3.93. The minimum absolute atomic E-state index is 0.0534. The van der Waals surface area contributed by atoms with Gasteiger partial charge in [-0.15, -0.1) is 0 Å². The van der Waals surface area contributed by atoms with Gasteiger partial charge in [0.2, 0.25) is 5.91 Å². The molecule has 28 heavy (non-hydrogen) atoms. The van der Waals surface area contributed by atoms with E-state index in [1.165, 1.54) is 5.56 Å². The van der Waals surface area contributed by atoms with Crippen LogP contribution in [0.4, 0.5) is 11.6 Å². The van der Waals surface area contributed by atoms with Crippen molar-refractivity contribution in [2.75, 3.05) is 11.1 Å². The number of fused-ring (bicyclic) bond motifs is 1. The average molecular weight is 373 g/mol. The molecule has 0 bridgehead atoms. The van der Waals surface area contributed by atoms with E-state index in [2.05, 4.69) is 29.1 Å². The van der Waals surface area contributed by atoms with E-state index in [0.29, 0.717) is 23.5 Å². The van der Waals surface area contributed by atoms with Crippen molar-refractivity contribution in [2.45, 2.75) is 39.0 Å². The number of aryl methyl sites for hydroxylation is 1. The largest absolute Gasteiger partial charge is 0.383 e. The van der Waals surface area contributed by atoms with Crippen LogP contribution in [0.25, 0.3) is 22.0 Å². The van der Waals surface area contributed by atoms with Crippen molar-refractivity contribution < 1.29 is 4.79 Å². The smallest absolute Gasteiger partial charge is 0.228 e. The number of nitrogens with two attached hydrogens (primary N) is 1. The van der Waals surface area contributed by atoms with Gasteiger partial charge in [-0.3, -0.25) is 9.78 Å². The molecule has 1 amide bonds. The number of hydrogen-bond acceptors (Lipinski definition) is 5. The van der Waals surface area contributed by atoms with E-state index in [1.54, 1.807) is 12.4 Å². The highest BCUT2D eigenvalue weighted by Gasteiger charge is 2.39. The summed E-state index contributed by atoms with van der Waals surface area (Å²) in [6, 6.07) is 3.95. The van der Waals surface area contributed by atoms with E-state index in [9.17, 15) is 4.79 Å². The number of carbonyl (C=O) groups is 1. The first-order valence-corrected chi connectivity index (χ1v) is 9.84. The van der Waals surface area contributed by atoms with E-state index in [-0.39, 0.29) is 11.8 Å². The molecule has 0 radical (unpaired) electrons. The molecule has 3 heterocycles. The first kappa shape index (κ1) is 17.1. The summed E-state index contributed by atoms with van der Waals surface area (Å²) >= 11 is 0. The average Bonchev–Trinajstić information content (AvgIpc) is 3.59. The molecule has 142 valence electrons. The zero-order valence-corrected chi connectivity index (χ0v) is 16.1. The van der Waals surface area contributed by atoms with Gasteiger partial charge in [-0.2, -0.15) is 0 Å². The molecule has 2 atom stereocenters. The van der Waals surface area contributed by atoms with Crippen molar-refractivity contribution in [2.24, 2.45) is 11.8 Å². The maximum absolute atomic E-state index is 12.4. The second-order valence-electron chi connectivity index (χ2n) is 8.15. The summed E-state index contributed by atoms with van der Waals surface area (Å²) in [7, 11) is 0. The van der Waals surface area contributed by atoms with Crippen LogP contribution in [0.5, 0.6) is 0 Å². The Labute approximate surface area is 163 Å². The highest BCUT2D eigenvalue weighted by molar-refractivity contribution is 6.01. The zero-order valence-electron chi connectivity index (χ0n) is 16.1. The molecule has 2 fully saturated rings. The fourth-order valence-electron chi connectivity index (χ4n) is 3.93. The number of rotatable bonds is 4. The molecule has 0 unspecified atom stereocenters. The van der Waals surface area contributed by atoms with E-state index in [0.717, 1.165) is 46.9 Å². The summed E-state index contributed by atoms with van der Waals surface area (Å²) in [6.07, 6.45) is 8.60. The van der Waals surface area contributed by atoms with Crippen molar-refractivity contribution in [3.63, 3.8) is 0 Å². The van der Waals surface area contributed by atoms with E-state index >= 15 is 0 Å². The maximum Gasteiger partial charge on any atom is 0.228 e. The van der Waals surface area contributed by atoms with Crippen molar-refractivity contribution >= 4 is 28.3 Å². The maximum atomic E-state index is 12.4. The summed E-state index contributed by atoms with van der Waals surface area (Å²) in [5, 5.41) is 4.85. The minimum Gasteiger partial charge on any atom is -0.383 e. The number of nitrogen functional groups attached to an aromatic ring is 1. The molecule has 6 nitrogen and oxygen atoms in total. The molecule has 0 spiro atoms. The molecule has 2 aliphatic carbocycles. The third kappa shape index (κ3) is 2.89. The lowest BCUT2D eigenvalue weighted by Gasteiger charge is -2.16. The molecule has 5 rings (SSSR count). The number of nitrogens with zero attached hydrogens (tertiary/aromatic N) is 3. The first-order chi connectivity index (χ1) is 13.5. The van der Waals surface area contributed by atoms with Crippen LogP contribution in [0.15, 0.2) is 30.7 Å². The van der Waals surface area contributed by atoms with Crippen molar-refractivity contribution in [3.05, 3.63) is 41.9 Å². The molecule has 0 aliphatic heterocycles. The second-order valence-corrected chi connectivity index (χ2v) is 8.15. The summed E-state index contributed by atoms with van der Waals surface area (Å²) in [5.74, 6) is 2.12. The lowest BCUT2D eigenvalue weighted by atomic mass is 9.95. The summed E-state index contributed by atoms with van der Waals surface area (Å²) in [6.45, 7) is 4.16. The molecule has 2 saturated carbocycles. The number of anilines is 2. The van der Waals surface area contributed by atoms with Crippen LogP contribution < -0.4 is 11.1 Å². The molecule has 3 N–H and O–H groups in total. The van der Waals surface area contributed by atoms with Crippen molar-refractivity contribution in [1.82, 2.24) is 15.0 Å². The van der Waals surface area contributed by atoms with Gasteiger partial charge in [0.25, 0.3) is 0 Å². The third-order valence-corrected chi connectivity index (χ3v) is 5.93. The Hall–Kier alpha value is -3.02. The van der Waals surface area contributed by atoms with Crippen LogP contribution in [-0.2, 0) is 4.79 Å². The van der Waals surface area contributed by atoms with Gasteiger partial charge in [0.05, 0.1) is 5.69 Å². The summed E-state index contributed by atoms with van der Waals surface area (Å²) < 4.78 is 0. The Morgan fingerprint density at radius 3 is 2.71 bits per heavy atom. The molecule has 6 heteroatoms. The molecular formula is C22H23N5O. The van der Waals surface area contributed by atoms with Crippen LogP contribution in [0.1, 0.15) is 43.2 Å². The summed E-state index contributed by atoms with van der Waals surface area (Å²) in [4.78, 5) is 25.8. The zero-order chi connectivity index (χ0) is 19.4. The minimum atomic E-state index is 0.0534. The van der Waals surface area contributed by atoms with Crippen LogP contribution in [0.3, 0.4) is 0 Å². The van der Waals surface area contributed by atoms with E-state index in [4.69, 9.17) is 10.7 Å². The molecule has 2 aliphatic rings. The van der Waals surface area contributed by atoms with Crippen LogP contribution in [-0.4, -0.2) is 20.9 Å². The standard InChI is InChI=1S/C22H23N5O/c1-11-5-6-24-9-16(11)20-19(13-3-4-13)15-8-18(25-10-17(15)21(23)27-20)26-22(28)14-7-12(14)2/h5-6,8-10,12-14H,3-4,7H2,1-2H3,(H2,23,27)(H,25,26,28)/t12-,14-/m1/s1. The Morgan fingerprint density at radius 2 is 2.04 bits per heavy atom. The Morgan fingerprint density at radius 1 is 1.25 bits per heavy atom. The molecule has 0 saturated heterocycles. The van der Waals surface area contributed by atoms with Crippen molar-refractivity contribution in [3.8, 4) is 11.3 Å². The first-order valence-electron chi connectivity index (χ1n) is 9.84. The Kier molecular flexibility index (Phi) is 3.82. The SMILES string of the molecule is Cc1ccncc1-c1nc(N)c2cnc(NC(=O)[C@@H]3C[C@H]3C)cc2c1C1CC1. The summed E-state index contributed by atoms with van der Waals surface area (Å²) in [5.41, 5.74) is 10.5. The third-order valence-electron chi connectivity index (χ3n) is 5.93. The van der Waals surface area contributed by atoms with Crippen molar-refractivity contribution in [1.29, 1.82) is 0 Å². The number of carbonyl (C=O) groups excluding carboxylic acids is 1. The number of hydrogen-bond donors (Lipinski definition) is 2. The topological polar surface area (TPSA) is 93.8 Å². The monoisotopic (exact) mass is 373 g/mol. The van der Waals surface area contributed by atoms with Gasteiger partial charge in [-0.05, 0) is 66.7 Å². The molecular weight excluding hydrogens is 350 g/mol. The van der Waals surface area contributed by atoms with Gasteiger partial charge in [0.15, 0.2) is 0 Å². The second kappa shape index (κ2) is 6.26. The highest BCUT2D eigenvalue weighted by atomic mass is 16.2. The van der Waals surface area contributed by atoms with Crippen LogP contribution in [0, 0.1) is 18.8 Å². The van der Waals surface area contributed by atoms with Gasteiger partial charge in [0, 0.05) is 35.5 Å². The van der Waals surface area contributed by atoms with Crippen LogP contribution in [0.2, 0.25) is 0 Å². The van der Waals surface area contributed by atoms with Gasteiger partial charge in [-0.1, -0.05) is 6.92 Å². The predicted octanol–water partition coefficient (Wildman–Crippen LogP) is 4.05. The van der Waals surface area contributed by atoms with Crippen LogP contribution >= 0.6 is 0 Å². The van der Waals surface area contributed by atoms with E-state index in [1.807, 2.05) is 18.3 Å². The normalized spacial score (nSPS) is 20.9. The number of amides is 1. The number of aromatic nitrogens is 3. The quantitative estimate of drug-likeness (QED) is 0.719. The molecule has 3 aromatic heterocycles. The molecule has 3 aromatic rings. The lowest BCUT2D eigenvalue weighted by Crippen LogP contribution is -2.15. The number of nitrogens with one attached hydrogen (secondary N) is 1.